The second-order valence-corrected chi connectivity index (χ2v) is 3.63. The van der Waals surface area contributed by atoms with Crippen molar-refractivity contribution in [3.05, 3.63) is 10.8 Å². The molecule has 3 heteroatoms. The van der Waals surface area contributed by atoms with E-state index in [4.69, 9.17) is 9.47 Å². The molecular weight excluding hydrogens is 183 g/mol. The van der Waals surface area contributed by atoms with Gasteiger partial charge in [0.05, 0.1) is 0 Å². The molecule has 0 aliphatic rings. The van der Waals surface area contributed by atoms with Crippen LogP contribution in [0.4, 0.5) is 0 Å². The monoisotopic (exact) mass is 206 g/mol. The molecule has 0 bridgehead atoms. The summed E-state index contributed by atoms with van der Waals surface area (Å²) in [6.07, 6.45) is 7.36. The van der Waals surface area contributed by atoms with Gasteiger partial charge in [0.25, 0.3) is 0 Å². The molecule has 0 rings (SSSR count). The SMILES string of the molecule is [Li]/[CH]=C/[C@H](CCCCC)OCCOCC. The van der Waals surface area contributed by atoms with Gasteiger partial charge < -0.3 is 0 Å². The summed E-state index contributed by atoms with van der Waals surface area (Å²) in [5.74, 6) is 0. The molecule has 0 unspecified atom stereocenters. The Labute approximate surface area is 104 Å². The third-order valence-electron chi connectivity index (χ3n) is 2.26. The van der Waals surface area contributed by atoms with Crippen LogP contribution in [0.5, 0.6) is 0 Å². The van der Waals surface area contributed by atoms with Crippen LogP contribution in [-0.4, -0.2) is 43.6 Å². The van der Waals surface area contributed by atoms with Crippen LogP contribution < -0.4 is 0 Å². The Bertz CT molecular complexity index is 149. The zero-order valence-corrected chi connectivity index (χ0v) is 10.5. The van der Waals surface area contributed by atoms with Gasteiger partial charge >= 0.3 is 103 Å². The zero-order valence-electron chi connectivity index (χ0n) is 10.5. The third kappa shape index (κ3) is 10.5. The van der Waals surface area contributed by atoms with E-state index < -0.39 is 0 Å². The molecule has 0 saturated heterocycles. The van der Waals surface area contributed by atoms with Crippen LogP contribution in [-0.2, 0) is 9.47 Å². The molecule has 0 amide bonds. The molecular formula is C12H23LiO2. The summed E-state index contributed by atoms with van der Waals surface area (Å²) in [5, 5.41) is 0. The third-order valence-corrected chi connectivity index (χ3v) is 2.26. The van der Waals surface area contributed by atoms with Gasteiger partial charge in [-0.15, -0.1) is 0 Å². The first kappa shape index (κ1) is 15.3. The zero-order chi connectivity index (χ0) is 11.4. The molecule has 1 atom stereocenters. The van der Waals surface area contributed by atoms with E-state index in [0.717, 1.165) is 13.0 Å². The molecule has 0 radical (unpaired) electrons. The van der Waals surface area contributed by atoms with Crippen molar-refractivity contribution in [3.63, 3.8) is 0 Å². The van der Waals surface area contributed by atoms with Crippen molar-refractivity contribution < 1.29 is 9.47 Å². The van der Waals surface area contributed by atoms with E-state index >= 15 is 0 Å². The Kier molecular flexibility index (Phi) is 12.5. The number of hydrogen-bond acceptors (Lipinski definition) is 2. The predicted molar refractivity (Wildman–Crippen MR) is 65.3 cm³/mol. The first-order valence-corrected chi connectivity index (χ1v) is 6.17. The summed E-state index contributed by atoms with van der Waals surface area (Å²) >= 11 is 2.04. The van der Waals surface area contributed by atoms with Gasteiger partial charge in [-0.25, -0.2) is 0 Å². The fourth-order valence-electron chi connectivity index (χ4n) is 1.45. The fourth-order valence-corrected chi connectivity index (χ4v) is 1.45. The first-order valence-electron chi connectivity index (χ1n) is 6.17. The molecule has 0 heterocycles. The average Bonchev–Trinajstić information content (AvgIpc) is 2.24. The standard InChI is InChI=1S/C12H23O2.Li/c1-4-7-8-9-12(5-2)14-11-10-13-6-3;/h2,5,12H,4,6-11H2,1,3H3;/t12-;/m1./s1. The normalized spacial score (nSPS) is 13.6. The Balaban J connectivity index is 3.54. The summed E-state index contributed by atoms with van der Waals surface area (Å²) in [6.45, 7) is 6.41. The van der Waals surface area contributed by atoms with E-state index in [2.05, 4.69) is 17.7 Å². The molecule has 0 aromatic heterocycles. The van der Waals surface area contributed by atoms with Gasteiger partial charge in [0, 0.05) is 0 Å². The molecule has 15 heavy (non-hydrogen) atoms. The van der Waals surface area contributed by atoms with Crippen LogP contribution in [0.15, 0.2) is 10.8 Å². The van der Waals surface area contributed by atoms with Gasteiger partial charge in [-0.3, -0.25) is 0 Å². The molecule has 0 aliphatic heterocycles. The van der Waals surface area contributed by atoms with Crippen molar-refractivity contribution in [1.29, 1.82) is 0 Å². The number of unbranched alkanes of at least 4 members (excludes halogenated alkanes) is 2. The molecule has 0 aromatic rings. The van der Waals surface area contributed by atoms with Crippen molar-refractivity contribution >= 4 is 17.7 Å². The quantitative estimate of drug-likeness (QED) is 0.404. The molecule has 2 nitrogen and oxygen atoms in total. The summed E-state index contributed by atoms with van der Waals surface area (Å²) < 4.78 is 13.0. The number of ether oxygens (including phenoxy) is 2. The van der Waals surface area contributed by atoms with Gasteiger partial charge in [0.1, 0.15) is 0 Å². The van der Waals surface area contributed by atoms with E-state index in [1.165, 1.54) is 19.3 Å². The van der Waals surface area contributed by atoms with Crippen molar-refractivity contribution in [2.45, 2.75) is 45.6 Å². The second-order valence-electron chi connectivity index (χ2n) is 3.63. The van der Waals surface area contributed by atoms with E-state index in [1.54, 1.807) is 0 Å². The van der Waals surface area contributed by atoms with E-state index in [0.29, 0.717) is 13.2 Å². The number of rotatable bonds is 10. The maximum atomic E-state index is 5.72. The summed E-state index contributed by atoms with van der Waals surface area (Å²) in [7, 11) is 0. The van der Waals surface area contributed by atoms with Gasteiger partial charge in [-0.1, -0.05) is 0 Å². The summed E-state index contributed by atoms with van der Waals surface area (Å²) in [5.41, 5.74) is 0. The van der Waals surface area contributed by atoms with Gasteiger partial charge in [0.15, 0.2) is 0 Å². The molecule has 0 fully saturated rings. The molecule has 0 aliphatic carbocycles. The van der Waals surface area contributed by atoms with Crippen LogP contribution in [0.3, 0.4) is 0 Å². The first-order chi connectivity index (χ1) is 7.35. The number of hydrogen-bond donors (Lipinski definition) is 0. The van der Waals surface area contributed by atoms with Gasteiger partial charge in [-0.05, 0) is 0 Å². The topological polar surface area (TPSA) is 18.5 Å². The molecule has 0 N–H and O–H groups in total. The summed E-state index contributed by atoms with van der Waals surface area (Å²) in [4.78, 5) is 0. The average molecular weight is 206 g/mol. The minimum absolute atomic E-state index is 0.280. The van der Waals surface area contributed by atoms with E-state index in [9.17, 15) is 0 Å². The Morgan fingerprint density at radius 3 is 2.60 bits per heavy atom. The second kappa shape index (κ2) is 12.3. The van der Waals surface area contributed by atoms with Gasteiger partial charge in [0.2, 0.25) is 0 Å². The van der Waals surface area contributed by atoms with Crippen LogP contribution >= 0.6 is 0 Å². The summed E-state index contributed by atoms with van der Waals surface area (Å²) in [6, 6.07) is 0. The Hall–Kier alpha value is 0.257. The van der Waals surface area contributed by atoms with E-state index in [1.807, 2.05) is 24.6 Å². The fraction of sp³-hybridized carbons (Fsp3) is 0.833. The van der Waals surface area contributed by atoms with Crippen molar-refractivity contribution in [2.24, 2.45) is 0 Å². The van der Waals surface area contributed by atoms with Crippen LogP contribution in [0.1, 0.15) is 39.5 Å². The molecule has 0 aromatic carbocycles. The van der Waals surface area contributed by atoms with Gasteiger partial charge in [-0.2, -0.15) is 0 Å². The van der Waals surface area contributed by atoms with Crippen LogP contribution in [0, 0.1) is 0 Å². The molecule has 84 valence electrons. The Morgan fingerprint density at radius 2 is 2.00 bits per heavy atom. The minimum atomic E-state index is 0.280. The predicted octanol–water partition coefficient (Wildman–Crippen LogP) is 2.67. The van der Waals surface area contributed by atoms with Crippen LogP contribution in [0.25, 0.3) is 0 Å². The van der Waals surface area contributed by atoms with Crippen molar-refractivity contribution in [1.82, 2.24) is 0 Å². The van der Waals surface area contributed by atoms with E-state index in [-0.39, 0.29) is 6.10 Å². The van der Waals surface area contributed by atoms with Crippen LogP contribution in [0.2, 0.25) is 0 Å². The molecule has 0 spiro atoms. The van der Waals surface area contributed by atoms with Crippen molar-refractivity contribution in [2.75, 3.05) is 19.8 Å². The van der Waals surface area contributed by atoms with Crippen molar-refractivity contribution in [3.8, 4) is 0 Å². The Morgan fingerprint density at radius 1 is 1.20 bits per heavy atom. The maximum absolute atomic E-state index is 5.72. The molecule has 0 saturated carbocycles.